The van der Waals surface area contributed by atoms with E-state index in [4.69, 9.17) is 16.0 Å². The number of aromatic nitrogens is 2. The molecule has 146 valence electrons. The molecule has 4 rings (SSSR count). The normalized spacial score (nSPS) is 11.6. The third-order valence-corrected chi connectivity index (χ3v) is 6.05. The van der Waals surface area contributed by atoms with Gasteiger partial charge in [-0.1, -0.05) is 40.5 Å². The summed E-state index contributed by atoms with van der Waals surface area (Å²) in [6, 6.07) is 14.6. The van der Waals surface area contributed by atoms with Crippen LogP contribution < -0.4 is 5.56 Å². The van der Waals surface area contributed by atoms with Crippen LogP contribution in [0.5, 0.6) is 0 Å². The van der Waals surface area contributed by atoms with Crippen molar-refractivity contribution in [2.24, 2.45) is 5.10 Å². The number of nitrogens with zero attached hydrogens (tertiary/aromatic N) is 3. The number of furan rings is 1. The Labute approximate surface area is 188 Å². The molecule has 2 heterocycles. The zero-order valence-electron chi connectivity index (χ0n) is 15.2. The number of fused-ring (bicyclic) bond motifs is 1. The predicted molar refractivity (Wildman–Crippen MR) is 123 cm³/mol. The lowest BCUT2D eigenvalue weighted by Gasteiger charge is -2.07. The molecule has 0 spiro atoms. The second kappa shape index (κ2) is 8.26. The molecule has 0 radical (unpaired) electrons. The molecule has 0 aliphatic heterocycles. The van der Waals surface area contributed by atoms with E-state index < -0.39 is 0 Å². The molecule has 0 saturated carbocycles. The molecular formula is C21H14Br2ClN3O2. The molecular weight excluding hydrogens is 522 g/mol. The molecule has 29 heavy (non-hydrogen) atoms. The van der Waals surface area contributed by atoms with E-state index in [0.29, 0.717) is 39.7 Å². The lowest BCUT2D eigenvalue weighted by atomic mass is 10.2. The average molecular weight is 536 g/mol. The van der Waals surface area contributed by atoms with Crippen molar-refractivity contribution in [1.29, 1.82) is 0 Å². The van der Waals surface area contributed by atoms with Crippen LogP contribution in [0.1, 0.15) is 18.5 Å². The fourth-order valence-electron chi connectivity index (χ4n) is 2.88. The summed E-state index contributed by atoms with van der Waals surface area (Å²) in [6.45, 7) is 1.93. The molecule has 4 aromatic rings. The lowest BCUT2D eigenvalue weighted by Crippen LogP contribution is -2.22. The van der Waals surface area contributed by atoms with Gasteiger partial charge in [-0.05, 0) is 58.4 Å². The number of halogens is 3. The van der Waals surface area contributed by atoms with Crippen molar-refractivity contribution < 1.29 is 4.42 Å². The van der Waals surface area contributed by atoms with Crippen LogP contribution in [0.3, 0.4) is 0 Å². The average Bonchev–Trinajstić information content (AvgIpc) is 3.18. The molecule has 0 fully saturated rings. The van der Waals surface area contributed by atoms with E-state index in [1.165, 1.54) is 10.9 Å². The van der Waals surface area contributed by atoms with Gasteiger partial charge in [-0.15, -0.1) is 0 Å². The maximum atomic E-state index is 12.9. The highest BCUT2D eigenvalue weighted by Gasteiger charge is 2.10. The minimum Gasteiger partial charge on any atom is -0.455 e. The maximum Gasteiger partial charge on any atom is 0.282 e. The largest absolute Gasteiger partial charge is 0.455 e. The summed E-state index contributed by atoms with van der Waals surface area (Å²) in [5.74, 6) is 1.75. The second-order valence-corrected chi connectivity index (χ2v) is 8.41. The summed E-state index contributed by atoms with van der Waals surface area (Å²) in [4.78, 5) is 17.5. The Morgan fingerprint density at radius 3 is 2.76 bits per heavy atom. The van der Waals surface area contributed by atoms with Crippen LogP contribution in [-0.4, -0.2) is 15.9 Å². The van der Waals surface area contributed by atoms with Gasteiger partial charge in [0.1, 0.15) is 17.3 Å². The Kier molecular flexibility index (Phi) is 5.72. The van der Waals surface area contributed by atoms with Crippen molar-refractivity contribution >= 4 is 60.6 Å². The van der Waals surface area contributed by atoms with E-state index in [1.807, 2.05) is 43.3 Å². The quantitative estimate of drug-likeness (QED) is 0.289. The predicted octanol–water partition coefficient (Wildman–Crippen LogP) is 6.28. The first-order valence-electron chi connectivity index (χ1n) is 8.77. The Morgan fingerprint density at radius 2 is 2.00 bits per heavy atom. The summed E-state index contributed by atoms with van der Waals surface area (Å²) in [5.41, 5.74) is 1.27. The van der Waals surface area contributed by atoms with Crippen molar-refractivity contribution in [2.45, 2.75) is 13.3 Å². The molecule has 0 amide bonds. The number of hydrogen-bond donors (Lipinski definition) is 0. The van der Waals surface area contributed by atoms with Gasteiger partial charge in [-0.25, -0.2) is 4.98 Å². The van der Waals surface area contributed by atoms with Crippen LogP contribution in [-0.2, 0) is 6.42 Å². The van der Waals surface area contributed by atoms with Crippen LogP contribution in [0, 0.1) is 0 Å². The van der Waals surface area contributed by atoms with Crippen LogP contribution in [0.4, 0.5) is 0 Å². The lowest BCUT2D eigenvalue weighted by molar-refractivity contribution is 0.573. The molecule has 0 saturated heterocycles. The minimum atomic E-state index is -0.226. The highest BCUT2D eigenvalue weighted by Crippen LogP contribution is 2.29. The van der Waals surface area contributed by atoms with E-state index in [-0.39, 0.29) is 5.56 Å². The molecule has 0 atom stereocenters. The Bertz CT molecular complexity index is 1310. The second-order valence-electron chi connectivity index (χ2n) is 6.24. The van der Waals surface area contributed by atoms with Crippen LogP contribution in [0.2, 0.25) is 5.02 Å². The Morgan fingerprint density at radius 1 is 1.17 bits per heavy atom. The van der Waals surface area contributed by atoms with E-state index in [2.05, 4.69) is 41.9 Å². The van der Waals surface area contributed by atoms with Crippen molar-refractivity contribution in [1.82, 2.24) is 9.66 Å². The molecule has 0 N–H and O–H groups in total. The summed E-state index contributed by atoms with van der Waals surface area (Å²) in [6.07, 6.45) is 2.08. The van der Waals surface area contributed by atoms with Crippen LogP contribution >= 0.6 is 43.5 Å². The highest BCUT2D eigenvalue weighted by atomic mass is 79.9. The third-order valence-electron chi connectivity index (χ3n) is 4.32. The van der Waals surface area contributed by atoms with Gasteiger partial charge in [-0.3, -0.25) is 4.79 Å². The first-order valence-corrected chi connectivity index (χ1v) is 10.7. The van der Waals surface area contributed by atoms with Crippen molar-refractivity contribution in [3.05, 3.63) is 84.4 Å². The SMILES string of the molecule is CCc1nc2ccc(Br)cc2c(=O)n1N=Cc1ccc(-c2ccc(Br)c(Cl)c2)o1. The molecule has 8 heteroatoms. The molecule has 2 aromatic heterocycles. The van der Waals surface area contributed by atoms with Crippen molar-refractivity contribution in [3.63, 3.8) is 0 Å². The molecule has 5 nitrogen and oxygen atoms in total. The van der Waals surface area contributed by atoms with Gasteiger partial charge < -0.3 is 4.42 Å². The van der Waals surface area contributed by atoms with Gasteiger partial charge in [0, 0.05) is 20.9 Å². The van der Waals surface area contributed by atoms with Crippen molar-refractivity contribution in [3.8, 4) is 11.3 Å². The highest BCUT2D eigenvalue weighted by molar-refractivity contribution is 9.10. The minimum absolute atomic E-state index is 0.226. The number of rotatable bonds is 4. The molecule has 0 aliphatic rings. The molecule has 0 aliphatic carbocycles. The first-order chi connectivity index (χ1) is 14.0. The number of hydrogen-bond acceptors (Lipinski definition) is 4. The standard InChI is InChI=1S/C21H14Br2ClN3O2/c1-2-20-26-18-7-4-13(22)10-15(18)21(28)27(20)25-11-14-5-8-19(29-14)12-3-6-16(23)17(24)9-12/h3-11H,2H2,1H3. The molecule has 2 aromatic carbocycles. The molecule has 0 bridgehead atoms. The van der Waals surface area contributed by atoms with Gasteiger partial charge >= 0.3 is 0 Å². The van der Waals surface area contributed by atoms with E-state index in [0.717, 1.165) is 14.5 Å². The fraction of sp³-hybridized carbons (Fsp3) is 0.0952. The zero-order chi connectivity index (χ0) is 20.5. The van der Waals surface area contributed by atoms with Gasteiger partial charge in [0.15, 0.2) is 0 Å². The zero-order valence-corrected chi connectivity index (χ0v) is 19.1. The fourth-order valence-corrected chi connectivity index (χ4v) is 3.67. The van der Waals surface area contributed by atoms with E-state index in [1.54, 1.807) is 12.1 Å². The smallest absolute Gasteiger partial charge is 0.282 e. The Balaban J connectivity index is 1.72. The monoisotopic (exact) mass is 533 g/mol. The number of benzene rings is 2. The summed E-state index contributed by atoms with van der Waals surface area (Å²) in [7, 11) is 0. The summed E-state index contributed by atoms with van der Waals surface area (Å²) in [5, 5.41) is 5.44. The van der Waals surface area contributed by atoms with Crippen LogP contribution in [0.25, 0.3) is 22.2 Å². The van der Waals surface area contributed by atoms with Gasteiger partial charge in [0.05, 0.1) is 22.1 Å². The Hall–Kier alpha value is -2.22. The van der Waals surface area contributed by atoms with Crippen LogP contribution in [0.15, 0.2) is 71.8 Å². The summed E-state index contributed by atoms with van der Waals surface area (Å²) >= 11 is 12.9. The maximum absolute atomic E-state index is 12.9. The number of aryl methyl sites for hydroxylation is 1. The third kappa shape index (κ3) is 4.08. The van der Waals surface area contributed by atoms with Gasteiger partial charge in [0.25, 0.3) is 5.56 Å². The molecule has 0 unspecified atom stereocenters. The topological polar surface area (TPSA) is 60.4 Å². The van der Waals surface area contributed by atoms with Gasteiger partial charge in [0.2, 0.25) is 0 Å². The van der Waals surface area contributed by atoms with E-state index >= 15 is 0 Å². The summed E-state index contributed by atoms with van der Waals surface area (Å²) < 4.78 is 8.78. The first kappa shape index (κ1) is 20.1. The van der Waals surface area contributed by atoms with E-state index in [9.17, 15) is 4.79 Å². The van der Waals surface area contributed by atoms with Gasteiger partial charge in [-0.2, -0.15) is 9.78 Å². The van der Waals surface area contributed by atoms with Crippen molar-refractivity contribution in [2.75, 3.05) is 0 Å².